The Morgan fingerprint density at radius 3 is 3.00 bits per heavy atom. The maximum Gasteiger partial charge on any atom is 0.220 e. The zero-order valence-electron chi connectivity index (χ0n) is 8.46. The van der Waals surface area contributed by atoms with E-state index in [1.165, 1.54) is 4.88 Å². The van der Waals surface area contributed by atoms with E-state index in [1.54, 1.807) is 11.3 Å². The highest BCUT2D eigenvalue weighted by Crippen LogP contribution is 2.20. The van der Waals surface area contributed by atoms with Crippen LogP contribution < -0.4 is 11.1 Å². The van der Waals surface area contributed by atoms with E-state index in [-0.39, 0.29) is 5.91 Å². The van der Waals surface area contributed by atoms with Crippen molar-refractivity contribution in [3.8, 4) is 0 Å². The third kappa shape index (κ3) is 5.30. The van der Waals surface area contributed by atoms with Gasteiger partial charge < -0.3 is 11.1 Å². The summed E-state index contributed by atoms with van der Waals surface area (Å²) in [4.78, 5) is 12.6. The Morgan fingerprint density at radius 1 is 1.60 bits per heavy atom. The molecular weight excluding hydrogens is 276 g/mol. The van der Waals surface area contributed by atoms with Crippen LogP contribution >= 0.6 is 27.3 Å². The lowest BCUT2D eigenvalue weighted by atomic mass is 10.2. The van der Waals surface area contributed by atoms with Gasteiger partial charge in [-0.15, -0.1) is 11.3 Å². The molecule has 0 saturated heterocycles. The molecule has 0 aliphatic carbocycles. The first-order valence-corrected chi connectivity index (χ1v) is 6.59. The van der Waals surface area contributed by atoms with Gasteiger partial charge in [-0.2, -0.15) is 0 Å². The predicted octanol–water partition coefficient (Wildman–Crippen LogP) is 1.91. The lowest BCUT2D eigenvalue weighted by Crippen LogP contribution is -2.25. The number of amides is 1. The van der Waals surface area contributed by atoms with Crippen molar-refractivity contribution in [2.45, 2.75) is 19.3 Å². The molecule has 15 heavy (non-hydrogen) atoms. The van der Waals surface area contributed by atoms with Gasteiger partial charge in [-0.1, -0.05) is 0 Å². The van der Waals surface area contributed by atoms with Gasteiger partial charge in [-0.05, 0) is 41.4 Å². The van der Waals surface area contributed by atoms with E-state index in [2.05, 4.69) is 27.3 Å². The molecule has 1 aromatic rings. The lowest BCUT2D eigenvalue weighted by molar-refractivity contribution is -0.121. The molecule has 0 spiro atoms. The molecule has 0 aliphatic heterocycles. The lowest BCUT2D eigenvalue weighted by Gasteiger charge is -2.02. The Bertz CT molecular complexity index is 314. The molecule has 0 aromatic carbocycles. The van der Waals surface area contributed by atoms with Gasteiger partial charge >= 0.3 is 0 Å². The monoisotopic (exact) mass is 290 g/mol. The van der Waals surface area contributed by atoms with Crippen LogP contribution in [0, 0.1) is 0 Å². The quantitative estimate of drug-likeness (QED) is 0.787. The summed E-state index contributed by atoms with van der Waals surface area (Å²) in [5.41, 5.74) is 5.33. The molecule has 3 N–H and O–H groups in total. The Morgan fingerprint density at radius 2 is 2.40 bits per heavy atom. The number of carbonyl (C=O) groups excluding carboxylic acids is 1. The molecule has 0 aliphatic rings. The Kier molecular flexibility index (Phi) is 5.90. The number of nitrogens with one attached hydrogen (secondary N) is 1. The fourth-order valence-electron chi connectivity index (χ4n) is 1.14. The summed E-state index contributed by atoms with van der Waals surface area (Å²) in [7, 11) is 0. The number of aryl methyl sites for hydroxylation is 1. The van der Waals surface area contributed by atoms with E-state index in [4.69, 9.17) is 5.73 Å². The second kappa shape index (κ2) is 6.98. The molecule has 0 bridgehead atoms. The van der Waals surface area contributed by atoms with Crippen molar-refractivity contribution < 1.29 is 4.79 Å². The highest BCUT2D eigenvalue weighted by Gasteiger charge is 2.03. The third-order valence-corrected chi connectivity index (χ3v) is 3.68. The Balaban J connectivity index is 2.16. The van der Waals surface area contributed by atoms with Gasteiger partial charge in [0.15, 0.2) is 0 Å². The smallest absolute Gasteiger partial charge is 0.220 e. The number of carbonyl (C=O) groups is 1. The summed E-state index contributed by atoms with van der Waals surface area (Å²) >= 11 is 5.06. The molecule has 0 saturated carbocycles. The topological polar surface area (TPSA) is 55.1 Å². The van der Waals surface area contributed by atoms with E-state index in [9.17, 15) is 4.79 Å². The van der Waals surface area contributed by atoms with Crippen molar-refractivity contribution in [2.24, 2.45) is 5.73 Å². The first-order chi connectivity index (χ1) is 7.22. The molecule has 1 heterocycles. The van der Waals surface area contributed by atoms with Crippen LogP contribution in [0.15, 0.2) is 15.9 Å². The molecule has 1 amide bonds. The van der Waals surface area contributed by atoms with E-state index < -0.39 is 0 Å². The first kappa shape index (κ1) is 12.7. The average Bonchev–Trinajstić information content (AvgIpc) is 2.62. The molecular formula is C10H15BrN2OS. The number of nitrogens with two attached hydrogens (primary N) is 1. The van der Waals surface area contributed by atoms with Crippen LogP contribution in [0.1, 0.15) is 17.7 Å². The van der Waals surface area contributed by atoms with Crippen LogP contribution in [0.4, 0.5) is 0 Å². The van der Waals surface area contributed by atoms with Crippen molar-refractivity contribution in [2.75, 3.05) is 13.1 Å². The first-order valence-electron chi connectivity index (χ1n) is 4.92. The van der Waals surface area contributed by atoms with E-state index in [0.717, 1.165) is 17.3 Å². The van der Waals surface area contributed by atoms with E-state index in [0.29, 0.717) is 19.5 Å². The van der Waals surface area contributed by atoms with Gasteiger partial charge in [0.1, 0.15) is 0 Å². The van der Waals surface area contributed by atoms with Crippen LogP contribution in [0.5, 0.6) is 0 Å². The number of hydrogen-bond acceptors (Lipinski definition) is 3. The van der Waals surface area contributed by atoms with E-state index in [1.807, 2.05) is 5.38 Å². The van der Waals surface area contributed by atoms with Gasteiger partial charge in [0.05, 0.1) is 0 Å². The van der Waals surface area contributed by atoms with Gasteiger partial charge in [-0.3, -0.25) is 4.79 Å². The molecule has 0 radical (unpaired) electrons. The summed E-state index contributed by atoms with van der Waals surface area (Å²) in [6.07, 6.45) is 2.21. The minimum Gasteiger partial charge on any atom is -0.356 e. The van der Waals surface area contributed by atoms with Crippen molar-refractivity contribution in [3.05, 3.63) is 20.8 Å². The fourth-order valence-corrected chi connectivity index (χ4v) is 2.60. The number of hydrogen-bond donors (Lipinski definition) is 2. The zero-order chi connectivity index (χ0) is 11.1. The minimum atomic E-state index is 0.105. The van der Waals surface area contributed by atoms with Gasteiger partial charge in [-0.25, -0.2) is 0 Å². The zero-order valence-corrected chi connectivity index (χ0v) is 10.9. The highest BCUT2D eigenvalue weighted by atomic mass is 79.9. The van der Waals surface area contributed by atoms with Crippen molar-refractivity contribution in [3.63, 3.8) is 0 Å². The predicted molar refractivity (Wildman–Crippen MR) is 67.0 cm³/mol. The molecule has 0 atom stereocenters. The van der Waals surface area contributed by atoms with Crippen molar-refractivity contribution >= 4 is 33.2 Å². The standard InChI is InChI=1S/C10H15BrN2OS/c11-8-6-9(15-7-8)2-3-10(14)13-5-1-4-12/h6-7H,1-5,12H2,(H,13,14). The molecule has 1 rings (SSSR count). The largest absolute Gasteiger partial charge is 0.356 e. The Labute approximate surface area is 102 Å². The molecule has 3 nitrogen and oxygen atoms in total. The number of thiophene rings is 1. The third-order valence-electron chi connectivity index (χ3n) is 1.92. The Hall–Kier alpha value is -0.390. The highest BCUT2D eigenvalue weighted by molar-refractivity contribution is 9.10. The normalized spacial score (nSPS) is 10.3. The summed E-state index contributed by atoms with van der Waals surface area (Å²) in [6, 6.07) is 2.05. The van der Waals surface area contributed by atoms with Crippen LogP contribution in [-0.4, -0.2) is 19.0 Å². The summed E-state index contributed by atoms with van der Waals surface area (Å²) < 4.78 is 1.09. The van der Waals surface area contributed by atoms with Crippen LogP contribution in [-0.2, 0) is 11.2 Å². The number of rotatable bonds is 6. The molecule has 5 heteroatoms. The minimum absolute atomic E-state index is 0.105. The molecule has 0 unspecified atom stereocenters. The van der Waals surface area contributed by atoms with Crippen molar-refractivity contribution in [1.82, 2.24) is 5.32 Å². The number of halogens is 1. The maximum absolute atomic E-state index is 11.3. The summed E-state index contributed by atoms with van der Waals surface area (Å²) in [5, 5.41) is 4.86. The van der Waals surface area contributed by atoms with Crippen LogP contribution in [0.25, 0.3) is 0 Å². The summed E-state index contributed by atoms with van der Waals surface area (Å²) in [5.74, 6) is 0.105. The van der Waals surface area contributed by atoms with Gasteiger partial charge in [0.2, 0.25) is 5.91 Å². The molecule has 1 aromatic heterocycles. The average molecular weight is 291 g/mol. The fraction of sp³-hybridized carbons (Fsp3) is 0.500. The second-order valence-corrected chi connectivity index (χ2v) is 5.13. The van der Waals surface area contributed by atoms with Gasteiger partial charge in [0.25, 0.3) is 0 Å². The van der Waals surface area contributed by atoms with E-state index >= 15 is 0 Å². The maximum atomic E-state index is 11.3. The molecule has 0 fully saturated rings. The summed E-state index contributed by atoms with van der Waals surface area (Å²) in [6.45, 7) is 1.31. The molecule has 84 valence electrons. The second-order valence-electron chi connectivity index (χ2n) is 3.22. The SMILES string of the molecule is NCCCNC(=O)CCc1cc(Br)cs1. The van der Waals surface area contributed by atoms with Crippen LogP contribution in [0.3, 0.4) is 0 Å². The van der Waals surface area contributed by atoms with Crippen LogP contribution in [0.2, 0.25) is 0 Å². The van der Waals surface area contributed by atoms with Crippen molar-refractivity contribution in [1.29, 1.82) is 0 Å². The van der Waals surface area contributed by atoms with Gasteiger partial charge in [0, 0.05) is 27.7 Å².